The molecule has 0 saturated carbocycles. The molecule has 0 bridgehead atoms. The van der Waals surface area contributed by atoms with Crippen molar-refractivity contribution < 1.29 is 9.13 Å². The Balaban J connectivity index is 1.46. The van der Waals surface area contributed by atoms with Gasteiger partial charge in [0.1, 0.15) is 11.5 Å². The highest BCUT2D eigenvalue weighted by atomic mass is 19.1. The molecule has 0 radical (unpaired) electrons. The zero-order valence-electron chi connectivity index (χ0n) is 17.2. The van der Waals surface area contributed by atoms with Crippen LogP contribution in [0.4, 0.5) is 10.1 Å². The van der Waals surface area contributed by atoms with Crippen LogP contribution in [0.25, 0.3) is 33.5 Å². The molecule has 30 heavy (non-hydrogen) atoms. The van der Waals surface area contributed by atoms with Gasteiger partial charge >= 0.3 is 0 Å². The minimum atomic E-state index is -0.291. The third kappa shape index (κ3) is 3.64. The highest BCUT2D eigenvalue weighted by molar-refractivity contribution is 5.93. The van der Waals surface area contributed by atoms with Gasteiger partial charge in [-0.15, -0.1) is 0 Å². The normalized spacial score (nSPS) is 17.9. The Labute approximate surface area is 173 Å². The summed E-state index contributed by atoms with van der Waals surface area (Å²) in [5.41, 5.74) is 4.33. The summed E-state index contributed by atoms with van der Waals surface area (Å²) in [5.74, 6) is 0.380. The van der Waals surface area contributed by atoms with E-state index in [1.165, 1.54) is 12.1 Å². The Morgan fingerprint density at radius 3 is 2.97 bits per heavy atom. The van der Waals surface area contributed by atoms with E-state index in [4.69, 9.17) is 9.72 Å². The summed E-state index contributed by atoms with van der Waals surface area (Å²) in [4.78, 5) is 12.6. The van der Waals surface area contributed by atoms with E-state index >= 15 is 0 Å². The van der Waals surface area contributed by atoms with Crippen molar-refractivity contribution in [3.63, 3.8) is 0 Å². The van der Waals surface area contributed by atoms with Gasteiger partial charge in [0, 0.05) is 37.3 Å². The highest BCUT2D eigenvalue weighted by Crippen LogP contribution is 2.29. The Kier molecular flexibility index (Phi) is 4.88. The summed E-state index contributed by atoms with van der Waals surface area (Å²) in [6.45, 7) is 3.52. The summed E-state index contributed by atoms with van der Waals surface area (Å²) >= 11 is 0. The maximum absolute atomic E-state index is 13.5. The lowest BCUT2D eigenvalue weighted by Gasteiger charge is -2.27. The van der Waals surface area contributed by atoms with Gasteiger partial charge in [-0.3, -0.25) is 5.10 Å². The first-order valence-corrected chi connectivity index (χ1v) is 10.2. The molecule has 1 fully saturated rings. The lowest BCUT2D eigenvalue weighted by atomic mass is 10.2. The van der Waals surface area contributed by atoms with Crippen molar-refractivity contribution in [1.82, 2.24) is 25.1 Å². The minimum absolute atomic E-state index is 0.186. The van der Waals surface area contributed by atoms with Crippen LogP contribution in [0, 0.1) is 5.82 Å². The van der Waals surface area contributed by atoms with Gasteiger partial charge in [-0.2, -0.15) is 5.10 Å². The molecule has 1 unspecified atom stereocenters. The second kappa shape index (κ2) is 7.70. The van der Waals surface area contributed by atoms with Crippen molar-refractivity contribution in [3.8, 4) is 11.5 Å². The van der Waals surface area contributed by atoms with E-state index in [1.807, 2.05) is 6.07 Å². The van der Waals surface area contributed by atoms with Crippen LogP contribution in [-0.4, -0.2) is 71.5 Å². The van der Waals surface area contributed by atoms with Gasteiger partial charge in [0.25, 0.3) is 0 Å². The summed E-state index contributed by atoms with van der Waals surface area (Å²) in [6.07, 6.45) is 1.19. The zero-order valence-corrected chi connectivity index (χ0v) is 17.2. The van der Waals surface area contributed by atoms with Crippen LogP contribution >= 0.6 is 0 Å². The van der Waals surface area contributed by atoms with Crippen LogP contribution in [-0.2, 0) is 4.74 Å². The molecular weight excluding hydrogens is 383 g/mol. The number of benzene rings is 2. The molecular formula is C22H25FN6O. The molecule has 2 aromatic carbocycles. The van der Waals surface area contributed by atoms with E-state index in [0.29, 0.717) is 17.0 Å². The van der Waals surface area contributed by atoms with Gasteiger partial charge in [-0.05, 0) is 56.9 Å². The molecule has 4 aromatic rings. The summed E-state index contributed by atoms with van der Waals surface area (Å²) < 4.78 is 19.5. The quantitative estimate of drug-likeness (QED) is 0.542. The molecule has 5 rings (SSSR count). The first-order chi connectivity index (χ1) is 14.6. The van der Waals surface area contributed by atoms with Crippen LogP contribution < -0.4 is 4.90 Å². The van der Waals surface area contributed by atoms with E-state index < -0.39 is 0 Å². The number of aromatic nitrogens is 4. The first kappa shape index (κ1) is 19.0. The highest BCUT2D eigenvalue weighted by Gasteiger charge is 2.20. The molecule has 8 heteroatoms. The Morgan fingerprint density at radius 2 is 2.10 bits per heavy atom. The Bertz CT molecular complexity index is 1180. The third-order valence-corrected chi connectivity index (χ3v) is 5.50. The monoisotopic (exact) mass is 408 g/mol. The van der Waals surface area contributed by atoms with Gasteiger partial charge in [0.15, 0.2) is 5.82 Å². The summed E-state index contributed by atoms with van der Waals surface area (Å²) in [6, 6.07) is 10.9. The second-order valence-corrected chi connectivity index (χ2v) is 8.10. The fourth-order valence-electron chi connectivity index (χ4n) is 4.13. The van der Waals surface area contributed by atoms with Crippen LogP contribution in [0.15, 0.2) is 36.4 Å². The maximum Gasteiger partial charge on any atom is 0.159 e. The lowest BCUT2D eigenvalue weighted by molar-refractivity contribution is 0.0505. The SMILES string of the molecule is CN(C)CC1CN(c2ccc3nc(-c4n[nH]c5cc(F)ccc45)[nH]c3c2)CCCO1. The first-order valence-electron chi connectivity index (χ1n) is 10.2. The number of hydrogen-bond donors (Lipinski definition) is 2. The Hall–Kier alpha value is -2.97. The number of ether oxygens (including phenoxy) is 1. The number of rotatable bonds is 4. The number of nitrogens with zero attached hydrogens (tertiary/aromatic N) is 4. The molecule has 0 spiro atoms. The zero-order chi connectivity index (χ0) is 20.7. The minimum Gasteiger partial charge on any atom is -0.375 e. The standard InChI is InChI=1S/C22H25FN6O/c1-28(2)12-16-13-29(8-3-9-30-16)15-5-7-18-20(11-15)25-22(24-18)21-17-6-4-14(23)10-19(17)26-27-21/h4-7,10-11,16H,3,8-9,12-13H2,1-2H3,(H,24,25)(H,26,27). The fourth-order valence-corrected chi connectivity index (χ4v) is 4.13. The molecule has 3 heterocycles. The van der Waals surface area contributed by atoms with E-state index in [0.717, 1.165) is 54.8 Å². The maximum atomic E-state index is 13.5. The predicted octanol–water partition coefficient (Wildman–Crippen LogP) is 3.40. The number of anilines is 1. The van der Waals surface area contributed by atoms with Crippen molar-refractivity contribution >= 4 is 27.6 Å². The van der Waals surface area contributed by atoms with Gasteiger partial charge < -0.3 is 19.5 Å². The van der Waals surface area contributed by atoms with Crippen LogP contribution in [0.2, 0.25) is 0 Å². The number of fused-ring (bicyclic) bond motifs is 2. The van der Waals surface area contributed by atoms with Crippen molar-refractivity contribution in [3.05, 3.63) is 42.2 Å². The van der Waals surface area contributed by atoms with Crippen molar-refractivity contribution in [1.29, 1.82) is 0 Å². The van der Waals surface area contributed by atoms with Gasteiger partial charge in [-0.1, -0.05) is 0 Å². The third-order valence-electron chi connectivity index (χ3n) is 5.50. The summed E-state index contributed by atoms with van der Waals surface area (Å²) in [5, 5.41) is 8.07. The molecule has 0 aliphatic carbocycles. The number of halogens is 1. The molecule has 7 nitrogen and oxygen atoms in total. The second-order valence-electron chi connectivity index (χ2n) is 8.10. The molecule has 1 aliphatic heterocycles. The largest absolute Gasteiger partial charge is 0.375 e. The van der Waals surface area contributed by atoms with Gasteiger partial charge in [0.05, 0.1) is 22.7 Å². The summed E-state index contributed by atoms with van der Waals surface area (Å²) in [7, 11) is 4.15. The molecule has 1 aliphatic rings. The van der Waals surface area contributed by atoms with E-state index in [-0.39, 0.29) is 11.9 Å². The number of nitrogens with one attached hydrogen (secondary N) is 2. The number of hydrogen-bond acceptors (Lipinski definition) is 5. The molecule has 1 atom stereocenters. The van der Waals surface area contributed by atoms with E-state index in [2.05, 4.69) is 51.2 Å². The fraction of sp³-hybridized carbons (Fsp3) is 0.364. The van der Waals surface area contributed by atoms with E-state index in [1.54, 1.807) is 6.07 Å². The number of likely N-dealkylation sites (N-methyl/N-ethyl adjacent to an activating group) is 1. The predicted molar refractivity (Wildman–Crippen MR) is 116 cm³/mol. The number of H-pyrrole nitrogens is 2. The number of imidazole rings is 1. The molecule has 1 saturated heterocycles. The van der Waals surface area contributed by atoms with Crippen LogP contribution in [0.3, 0.4) is 0 Å². The molecule has 2 N–H and O–H groups in total. The smallest absolute Gasteiger partial charge is 0.159 e. The van der Waals surface area contributed by atoms with Gasteiger partial charge in [0.2, 0.25) is 0 Å². The molecule has 0 amide bonds. The average molecular weight is 408 g/mol. The molecule has 2 aromatic heterocycles. The number of aromatic amines is 2. The molecule has 156 valence electrons. The van der Waals surface area contributed by atoms with Crippen LogP contribution in [0.5, 0.6) is 0 Å². The van der Waals surface area contributed by atoms with Crippen molar-refractivity contribution in [2.75, 3.05) is 45.2 Å². The lowest BCUT2D eigenvalue weighted by Crippen LogP contribution is -2.37. The van der Waals surface area contributed by atoms with Crippen molar-refractivity contribution in [2.24, 2.45) is 0 Å². The van der Waals surface area contributed by atoms with Crippen molar-refractivity contribution in [2.45, 2.75) is 12.5 Å². The topological polar surface area (TPSA) is 73.1 Å². The average Bonchev–Trinajstić information content (AvgIpc) is 3.24. The van der Waals surface area contributed by atoms with E-state index in [9.17, 15) is 4.39 Å². The van der Waals surface area contributed by atoms with Gasteiger partial charge in [-0.25, -0.2) is 9.37 Å². The van der Waals surface area contributed by atoms with Crippen LogP contribution in [0.1, 0.15) is 6.42 Å². The Morgan fingerprint density at radius 1 is 1.20 bits per heavy atom.